The molecule has 1 fully saturated rings. The number of imidazole rings is 1. The number of hydrogen-bond acceptors (Lipinski definition) is 4. The lowest BCUT2D eigenvalue weighted by Gasteiger charge is -2.22. The van der Waals surface area contributed by atoms with Crippen LogP contribution in [0.15, 0.2) is 41.7 Å². The number of alkyl halides is 2. The Kier molecular flexibility index (Phi) is 8.49. The smallest absolute Gasteiger partial charge is 0.387 e. The van der Waals surface area contributed by atoms with Crippen molar-refractivity contribution in [3.63, 3.8) is 0 Å². The van der Waals surface area contributed by atoms with Crippen molar-refractivity contribution in [3.05, 3.63) is 42.5 Å². The Labute approximate surface area is 182 Å². The fourth-order valence-electron chi connectivity index (χ4n) is 3.75. The van der Waals surface area contributed by atoms with Crippen LogP contribution in [0.2, 0.25) is 0 Å². The van der Waals surface area contributed by atoms with E-state index < -0.39 is 6.61 Å². The average molecular weight is 435 g/mol. The lowest BCUT2D eigenvalue weighted by Crippen LogP contribution is -2.44. The molecule has 9 heteroatoms. The number of aryl methyl sites for hydroxylation is 2. The third-order valence-electron chi connectivity index (χ3n) is 5.30. The monoisotopic (exact) mass is 434 g/mol. The van der Waals surface area contributed by atoms with Crippen LogP contribution in [-0.4, -0.2) is 54.3 Å². The van der Waals surface area contributed by atoms with Crippen LogP contribution in [0.1, 0.15) is 32.0 Å². The van der Waals surface area contributed by atoms with Gasteiger partial charge in [-0.15, -0.1) is 0 Å². The van der Waals surface area contributed by atoms with Gasteiger partial charge in [-0.3, -0.25) is 4.99 Å². The standard InChI is InChI=1S/C22H32F2N6O/c1-3-25-22(27-11-6-7-13-29-15-12-26-17(29)2)28-18-10-14-30(16-18)19-8-4-5-9-20(19)31-21(23)24/h4-5,8-9,12,15,18,21H,3,6-7,10-11,13-14,16H2,1-2H3,(H2,25,27,28). The van der Waals surface area contributed by atoms with E-state index in [-0.39, 0.29) is 11.8 Å². The largest absolute Gasteiger partial charge is 0.433 e. The number of hydrogen-bond donors (Lipinski definition) is 2. The quantitative estimate of drug-likeness (QED) is 0.341. The molecule has 0 amide bonds. The van der Waals surface area contributed by atoms with Crippen LogP contribution in [0.4, 0.5) is 14.5 Å². The van der Waals surface area contributed by atoms with E-state index in [1.165, 1.54) is 0 Å². The highest BCUT2D eigenvalue weighted by Crippen LogP contribution is 2.31. The minimum atomic E-state index is -2.83. The van der Waals surface area contributed by atoms with Crippen LogP contribution in [-0.2, 0) is 6.54 Å². The summed E-state index contributed by atoms with van der Waals surface area (Å²) in [5, 5.41) is 6.78. The number of benzene rings is 1. The maximum absolute atomic E-state index is 12.7. The summed E-state index contributed by atoms with van der Waals surface area (Å²) in [7, 11) is 0. The van der Waals surface area contributed by atoms with E-state index >= 15 is 0 Å². The molecule has 7 nitrogen and oxygen atoms in total. The van der Waals surface area contributed by atoms with Gasteiger partial charge in [0, 0.05) is 51.2 Å². The van der Waals surface area contributed by atoms with E-state index in [9.17, 15) is 8.78 Å². The summed E-state index contributed by atoms with van der Waals surface area (Å²) in [4.78, 5) is 11.0. The molecule has 1 saturated heterocycles. The molecule has 2 aromatic rings. The van der Waals surface area contributed by atoms with Crippen molar-refractivity contribution < 1.29 is 13.5 Å². The van der Waals surface area contributed by atoms with Gasteiger partial charge in [0.1, 0.15) is 11.6 Å². The van der Waals surface area contributed by atoms with Crippen molar-refractivity contribution in [1.82, 2.24) is 20.2 Å². The Hall–Kier alpha value is -2.84. The molecule has 0 aliphatic carbocycles. The van der Waals surface area contributed by atoms with Crippen LogP contribution in [0.5, 0.6) is 5.75 Å². The molecule has 0 bridgehead atoms. The number of anilines is 1. The molecule has 0 saturated carbocycles. The summed E-state index contributed by atoms with van der Waals surface area (Å²) < 4.78 is 32.3. The van der Waals surface area contributed by atoms with Crippen LogP contribution < -0.4 is 20.3 Å². The highest BCUT2D eigenvalue weighted by Gasteiger charge is 2.26. The van der Waals surface area contributed by atoms with Gasteiger partial charge in [-0.2, -0.15) is 8.78 Å². The molecular weight excluding hydrogens is 402 g/mol. The lowest BCUT2D eigenvalue weighted by atomic mass is 10.2. The van der Waals surface area contributed by atoms with Crippen molar-refractivity contribution in [1.29, 1.82) is 0 Å². The summed E-state index contributed by atoms with van der Waals surface area (Å²) >= 11 is 0. The van der Waals surface area contributed by atoms with Crippen molar-refractivity contribution >= 4 is 11.6 Å². The van der Waals surface area contributed by atoms with E-state index in [0.29, 0.717) is 12.2 Å². The number of rotatable bonds is 10. The third kappa shape index (κ3) is 6.83. The number of halogens is 2. The molecule has 3 rings (SSSR count). The fourth-order valence-corrected chi connectivity index (χ4v) is 3.75. The van der Waals surface area contributed by atoms with Gasteiger partial charge in [0.05, 0.1) is 5.69 Å². The van der Waals surface area contributed by atoms with Crippen LogP contribution in [0.25, 0.3) is 0 Å². The summed E-state index contributed by atoms with van der Waals surface area (Å²) in [6.45, 7) is 5.16. The first-order valence-corrected chi connectivity index (χ1v) is 10.9. The van der Waals surface area contributed by atoms with Crippen molar-refractivity contribution in [3.8, 4) is 5.75 Å². The first-order valence-electron chi connectivity index (χ1n) is 10.9. The zero-order valence-corrected chi connectivity index (χ0v) is 18.2. The average Bonchev–Trinajstić information content (AvgIpc) is 3.37. The lowest BCUT2D eigenvalue weighted by molar-refractivity contribution is -0.0495. The van der Waals surface area contributed by atoms with Crippen LogP contribution in [0.3, 0.4) is 0 Å². The summed E-state index contributed by atoms with van der Waals surface area (Å²) in [6.07, 6.45) is 6.75. The van der Waals surface area contributed by atoms with Crippen molar-refractivity contribution in [2.24, 2.45) is 4.99 Å². The van der Waals surface area contributed by atoms with Crippen LogP contribution in [0, 0.1) is 6.92 Å². The third-order valence-corrected chi connectivity index (χ3v) is 5.30. The van der Waals surface area contributed by atoms with E-state index in [2.05, 4.69) is 29.8 Å². The Bertz CT molecular complexity index is 841. The summed E-state index contributed by atoms with van der Waals surface area (Å²) in [5.74, 6) is 2.04. The second-order valence-electron chi connectivity index (χ2n) is 7.56. The number of aromatic nitrogens is 2. The molecule has 1 aliphatic heterocycles. The van der Waals surface area contributed by atoms with Gasteiger partial charge in [0.2, 0.25) is 0 Å². The Morgan fingerprint density at radius 3 is 2.90 bits per heavy atom. The maximum Gasteiger partial charge on any atom is 0.387 e. The molecule has 1 aromatic heterocycles. The molecule has 1 aromatic carbocycles. The van der Waals surface area contributed by atoms with Crippen molar-refractivity contribution in [2.45, 2.75) is 52.3 Å². The van der Waals surface area contributed by atoms with Gasteiger partial charge in [-0.25, -0.2) is 4.98 Å². The highest BCUT2D eigenvalue weighted by molar-refractivity contribution is 5.80. The molecule has 170 valence electrons. The number of ether oxygens (including phenoxy) is 1. The number of guanidine groups is 1. The molecule has 31 heavy (non-hydrogen) atoms. The van der Waals surface area contributed by atoms with Gasteiger partial charge < -0.3 is 24.8 Å². The molecule has 1 unspecified atom stereocenters. The fraction of sp³-hybridized carbons (Fsp3) is 0.545. The number of para-hydroxylation sites is 2. The molecule has 2 N–H and O–H groups in total. The summed E-state index contributed by atoms with van der Waals surface area (Å²) in [6, 6.07) is 7.13. The van der Waals surface area contributed by atoms with Gasteiger partial charge in [0.15, 0.2) is 5.96 Å². The molecular formula is C22H32F2N6O. The second-order valence-corrected chi connectivity index (χ2v) is 7.56. The minimum absolute atomic E-state index is 0.186. The number of nitrogens with one attached hydrogen (secondary N) is 2. The molecule has 2 heterocycles. The van der Waals surface area contributed by atoms with Gasteiger partial charge in [0.25, 0.3) is 0 Å². The highest BCUT2D eigenvalue weighted by atomic mass is 19.3. The zero-order chi connectivity index (χ0) is 22.1. The Balaban J connectivity index is 1.49. The maximum atomic E-state index is 12.7. The van der Waals surface area contributed by atoms with E-state index in [4.69, 9.17) is 4.99 Å². The molecule has 0 radical (unpaired) electrons. The summed E-state index contributed by atoms with van der Waals surface area (Å²) in [5.41, 5.74) is 0.698. The number of unbranched alkanes of at least 4 members (excludes halogenated alkanes) is 1. The Morgan fingerprint density at radius 1 is 1.32 bits per heavy atom. The Morgan fingerprint density at radius 2 is 2.16 bits per heavy atom. The topological polar surface area (TPSA) is 66.7 Å². The number of nitrogens with zero attached hydrogens (tertiary/aromatic N) is 4. The molecule has 1 atom stereocenters. The first-order chi connectivity index (χ1) is 15.1. The number of aliphatic imine (C=N–C) groups is 1. The van der Waals surface area contributed by atoms with E-state index in [1.807, 2.05) is 38.4 Å². The van der Waals surface area contributed by atoms with Crippen molar-refractivity contribution in [2.75, 3.05) is 31.1 Å². The normalized spacial score (nSPS) is 16.7. The SMILES string of the molecule is CCNC(=NCCCCn1ccnc1C)NC1CCN(c2ccccc2OC(F)F)C1. The van der Waals surface area contributed by atoms with Gasteiger partial charge in [-0.1, -0.05) is 12.1 Å². The molecule has 0 spiro atoms. The van der Waals surface area contributed by atoms with Gasteiger partial charge >= 0.3 is 6.61 Å². The minimum Gasteiger partial charge on any atom is -0.433 e. The predicted molar refractivity (Wildman–Crippen MR) is 119 cm³/mol. The van der Waals surface area contributed by atoms with E-state index in [1.54, 1.807) is 12.1 Å². The first kappa shape index (κ1) is 22.8. The predicted octanol–water partition coefficient (Wildman–Crippen LogP) is 3.41. The molecule has 1 aliphatic rings. The second kappa shape index (κ2) is 11.5. The van der Waals surface area contributed by atoms with Crippen LogP contribution >= 0.6 is 0 Å². The van der Waals surface area contributed by atoms with E-state index in [0.717, 1.165) is 57.2 Å². The van der Waals surface area contributed by atoms with Gasteiger partial charge in [-0.05, 0) is 45.2 Å². The zero-order valence-electron chi connectivity index (χ0n) is 18.2.